The predicted molar refractivity (Wildman–Crippen MR) is 87.2 cm³/mol. The van der Waals surface area contributed by atoms with E-state index in [1.54, 1.807) is 19.1 Å². The Balaban J connectivity index is 2.14. The highest BCUT2D eigenvalue weighted by molar-refractivity contribution is 7.97. The molecular formula is C15H25N3OS. The highest BCUT2D eigenvalue weighted by Crippen LogP contribution is 2.33. The van der Waals surface area contributed by atoms with Crippen LogP contribution in [0.2, 0.25) is 0 Å². The summed E-state index contributed by atoms with van der Waals surface area (Å²) in [5.74, 6) is 0. The van der Waals surface area contributed by atoms with Crippen molar-refractivity contribution in [1.82, 2.24) is 4.72 Å². The maximum absolute atomic E-state index is 6.26. The van der Waals surface area contributed by atoms with E-state index in [1.165, 1.54) is 24.9 Å². The van der Waals surface area contributed by atoms with Crippen molar-refractivity contribution in [2.75, 3.05) is 37.9 Å². The summed E-state index contributed by atoms with van der Waals surface area (Å²) in [6, 6.07) is 6.89. The van der Waals surface area contributed by atoms with E-state index in [4.69, 9.17) is 10.5 Å². The van der Waals surface area contributed by atoms with E-state index in [1.807, 2.05) is 7.05 Å². The van der Waals surface area contributed by atoms with Crippen LogP contribution in [0, 0.1) is 0 Å². The van der Waals surface area contributed by atoms with E-state index in [0.717, 1.165) is 30.2 Å². The van der Waals surface area contributed by atoms with Gasteiger partial charge in [-0.2, -0.15) is 0 Å². The summed E-state index contributed by atoms with van der Waals surface area (Å²) in [6.07, 6.45) is 4.85. The normalized spacial score (nSPS) is 19.3. The molecule has 3 N–H and O–H groups in total. The molecule has 1 aliphatic rings. The molecule has 1 aliphatic heterocycles. The first-order valence-electron chi connectivity index (χ1n) is 7.25. The number of nitrogens with zero attached hydrogens (tertiary/aromatic N) is 1. The Kier molecular flexibility index (Phi) is 6.01. The molecular weight excluding hydrogens is 270 g/mol. The van der Waals surface area contributed by atoms with Crippen LogP contribution in [0.4, 0.5) is 11.4 Å². The Morgan fingerprint density at radius 2 is 2.30 bits per heavy atom. The Morgan fingerprint density at radius 1 is 1.45 bits per heavy atom. The number of ether oxygens (including phenoxy) is 1. The molecule has 1 fully saturated rings. The summed E-state index contributed by atoms with van der Waals surface area (Å²) in [5.41, 5.74) is 8.30. The van der Waals surface area contributed by atoms with Gasteiger partial charge in [-0.1, -0.05) is 0 Å². The number of rotatable bonds is 6. The van der Waals surface area contributed by atoms with Gasteiger partial charge in [0.2, 0.25) is 0 Å². The van der Waals surface area contributed by atoms with Gasteiger partial charge in [0.1, 0.15) is 0 Å². The lowest BCUT2D eigenvalue weighted by Gasteiger charge is -2.38. The second kappa shape index (κ2) is 7.76. The number of nitrogens with one attached hydrogen (secondary N) is 1. The lowest BCUT2D eigenvalue weighted by molar-refractivity contribution is 0.182. The zero-order chi connectivity index (χ0) is 14.4. The lowest BCUT2D eigenvalue weighted by Crippen LogP contribution is -2.40. The van der Waals surface area contributed by atoms with Gasteiger partial charge in [0.25, 0.3) is 0 Å². The van der Waals surface area contributed by atoms with Crippen LogP contribution in [0.3, 0.4) is 0 Å². The summed E-state index contributed by atoms with van der Waals surface area (Å²) in [4.78, 5) is 3.62. The van der Waals surface area contributed by atoms with Gasteiger partial charge in [-0.05, 0) is 62.9 Å². The van der Waals surface area contributed by atoms with Crippen LogP contribution in [-0.4, -0.2) is 33.4 Å². The molecule has 5 heteroatoms. The molecule has 1 heterocycles. The van der Waals surface area contributed by atoms with Gasteiger partial charge in [-0.15, -0.1) is 0 Å². The number of benzene rings is 1. The van der Waals surface area contributed by atoms with E-state index in [2.05, 4.69) is 27.8 Å². The minimum Gasteiger partial charge on any atom is -0.397 e. The second-order valence-corrected chi connectivity index (χ2v) is 6.24. The van der Waals surface area contributed by atoms with Crippen LogP contribution in [-0.2, 0) is 4.74 Å². The van der Waals surface area contributed by atoms with E-state index >= 15 is 0 Å². The maximum atomic E-state index is 6.26. The third-order valence-corrected chi connectivity index (χ3v) is 4.50. The minimum absolute atomic E-state index is 0.550. The number of nitrogen functional groups attached to an aromatic ring is 1. The summed E-state index contributed by atoms with van der Waals surface area (Å²) in [5, 5.41) is 0. The number of methoxy groups -OCH3 is 1. The van der Waals surface area contributed by atoms with Crippen molar-refractivity contribution < 1.29 is 4.74 Å². The van der Waals surface area contributed by atoms with Crippen LogP contribution < -0.4 is 15.4 Å². The molecule has 20 heavy (non-hydrogen) atoms. The minimum atomic E-state index is 0.550. The molecule has 0 bridgehead atoms. The van der Waals surface area contributed by atoms with E-state index in [-0.39, 0.29) is 0 Å². The lowest BCUT2D eigenvalue weighted by atomic mass is 9.98. The van der Waals surface area contributed by atoms with Crippen molar-refractivity contribution in [3.63, 3.8) is 0 Å². The third kappa shape index (κ3) is 3.81. The SMILES string of the molecule is CNSc1ccc(N2CCCCC2CCOC)c(N)c1. The van der Waals surface area contributed by atoms with Crippen LogP contribution in [0.5, 0.6) is 0 Å². The van der Waals surface area contributed by atoms with Gasteiger partial charge in [-0.3, -0.25) is 4.72 Å². The van der Waals surface area contributed by atoms with Gasteiger partial charge < -0.3 is 15.4 Å². The first kappa shape index (κ1) is 15.5. The number of piperidine rings is 1. The number of anilines is 2. The molecule has 0 aromatic heterocycles. The molecule has 1 unspecified atom stereocenters. The molecule has 1 aromatic rings. The highest BCUT2D eigenvalue weighted by atomic mass is 32.2. The molecule has 0 saturated carbocycles. The Hall–Kier alpha value is -0.910. The predicted octanol–water partition coefficient (Wildman–Crippen LogP) is 2.89. The van der Waals surface area contributed by atoms with Crippen molar-refractivity contribution in [1.29, 1.82) is 0 Å². The topological polar surface area (TPSA) is 50.5 Å². The number of hydrogen-bond donors (Lipinski definition) is 2. The Morgan fingerprint density at radius 3 is 3.00 bits per heavy atom. The van der Waals surface area contributed by atoms with Crippen LogP contribution in [0.25, 0.3) is 0 Å². The van der Waals surface area contributed by atoms with Crippen molar-refractivity contribution in [3.05, 3.63) is 18.2 Å². The average Bonchev–Trinajstić information content (AvgIpc) is 2.46. The molecule has 1 atom stereocenters. The fourth-order valence-electron chi connectivity index (χ4n) is 2.85. The van der Waals surface area contributed by atoms with E-state index in [0.29, 0.717) is 6.04 Å². The molecule has 1 saturated heterocycles. The number of nitrogens with two attached hydrogens (primary N) is 1. The molecule has 0 radical (unpaired) electrons. The second-order valence-electron chi connectivity index (χ2n) is 5.15. The van der Waals surface area contributed by atoms with Gasteiger partial charge in [0.05, 0.1) is 11.4 Å². The number of hydrogen-bond acceptors (Lipinski definition) is 5. The first-order valence-corrected chi connectivity index (χ1v) is 8.06. The Bertz CT molecular complexity index is 428. The smallest absolute Gasteiger partial charge is 0.0603 e. The summed E-state index contributed by atoms with van der Waals surface area (Å²) >= 11 is 1.59. The summed E-state index contributed by atoms with van der Waals surface area (Å²) in [6.45, 7) is 1.91. The first-order chi connectivity index (χ1) is 9.76. The van der Waals surface area contributed by atoms with Crippen molar-refractivity contribution >= 4 is 23.3 Å². The van der Waals surface area contributed by atoms with Gasteiger partial charge in [-0.25, -0.2) is 0 Å². The fourth-order valence-corrected chi connectivity index (χ4v) is 3.40. The zero-order valence-corrected chi connectivity index (χ0v) is 13.2. The summed E-state index contributed by atoms with van der Waals surface area (Å²) in [7, 11) is 3.69. The highest BCUT2D eigenvalue weighted by Gasteiger charge is 2.23. The molecule has 112 valence electrons. The zero-order valence-electron chi connectivity index (χ0n) is 12.4. The maximum Gasteiger partial charge on any atom is 0.0603 e. The van der Waals surface area contributed by atoms with Gasteiger partial charge in [0.15, 0.2) is 0 Å². The monoisotopic (exact) mass is 295 g/mol. The van der Waals surface area contributed by atoms with Crippen LogP contribution >= 0.6 is 11.9 Å². The van der Waals surface area contributed by atoms with Crippen LogP contribution in [0.1, 0.15) is 25.7 Å². The average molecular weight is 295 g/mol. The standard InChI is InChI=1S/C15H25N3OS/c1-17-20-13-6-7-15(14(16)11-13)18-9-4-3-5-12(18)8-10-19-2/h6-7,11-12,17H,3-5,8-10,16H2,1-2H3. The van der Waals surface area contributed by atoms with Gasteiger partial charge in [0, 0.05) is 31.2 Å². The van der Waals surface area contributed by atoms with Crippen molar-refractivity contribution in [2.24, 2.45) is 0 Å². The molecule has 0 amide bonds. The van der Waals surface area contributed by atoms with Crippen LogP contribution in [0.15, 0.2) is 23.1 Å². The molecule has 2 rings (SSSR count). The quantitative estimate of drug-likeness (QED) is 0.624. The Labute approximate surface area is 126 Å². The molecule has 4 nitrogen and oxygen atoms in total. The fraction of sp³-hybridized carbons (Fsp3) is 0.600. The largest absolute Gasteiger partial charge is 0.397 e. The molecule has 0 spiro atoms. The third-order valence-electron chi connectivity index (χ3n) is 3.81. The van der Waals surface area contributed by atoms with Crippen molar-refractivity contribution in [3.8, 4) is 0 Å². The molecule has 1 aromatic carbocycles. The van der Waals surface area contributed by atoms with Gasteiger partial charge >= 0.3 is 0 Å². The summed E-state index contributed by atoms with van der Waals surface area (Å²) < 4.78 is 8.32. The van der Waals surface area contributed by atoms with Crippen molar-refractivity contribution in [2.45, 2.75) is 36.6 Å². The van der Waals surface area contributed by atoms with E-state index in [9.17, 15) is 0 Å². The van der Waals surface area contributed by atoms with E-state index < -0.39 is 0 Å². The molecule has 0 aliphatic carbocycles.